The summed E-state index contributed by atoms with van der Waals surface area (Å²) in [6.45, 7) is 3.87. The van der Waals surface area contributed by atoms with E-state index in [-0.39, 0.29) is 18.4 Å². The van der Waals surface area contributed by atoms with Gasteiger partial charge in [0.15, 0.2) is 0 Å². The number of piperidine rings is 1. The molecule has 33 heavy (non-hydrogen) atoms. The molecule has 1 fully saturated rings. The SMILES string of the molecule is CC(C)[C@@H](O)C(=O)N[C@@H]1CN(C(=O)c2cncc3sncc23)CC[C@H]1c1cc(F)cc(F)c1. The minimum absolute atomic E-state index is 0.117. The third kappa shape index (κ3) is 4.86. The first-order valence-corrected chi connectivity index (χ1v) is 11.4. The Bertz CT molecular complexity index is 1170. The summed E-state index contributed by atoms with van der Waals surface area (Å²) in [6, 6.07) is 2.63. The van der Waals surface area contributed by atoms with Crippen molar-refractivity contribution in [2.24, 2.45) is 5.92 Å². The Labute approximate surface area is 193 Å². The van der Waals surface area contributed by atoms with Gasteiger partial charge in [0.2, 0.25) is 5.91 Å². The van der Waals surface area contributed by atoms with Gasteiger partial charge in [0.25, 0.3) is 5.91 Å². The minimum Gasteiger partial charge on any atom is -0.383 e. The number of pyridine rings is 1. The summed E-state index contributed by atoms with van der Waals surface area (Å²) in [7, 11) is 0. The van der Waals surface area contributed by atoms with E-state index in [4.69, 9.17) is 0 Å². The second kappa shape index (κ2) is 9.48. The topological polar surface area (TPSA) is 95.4 Å². The lowest BCUT2D eigenvalue weighted by atomic mass is 9.84. The number of rotatable bonds is 5. The number of carbonyl (C=O) groups is 2. The largest absolute Gasteiger partial charge is 0.383 e. The Kier molecular flexibility index (Phi) is 6.66. The van der Waals surface area contributed by atoms with E-state index in [1.165, 1.54) is 29.9 Å². The lowest BCUT2D eigenvalue weighted by molar-refractivity contribution is -0.132. The number of halogens is 2. The minimum atomic E-state index is -1.24. The predicted octanol–water partition coefficient (Wildman–Crippen LogP) is 3.10. The number of aliphatic hydroxyl groups excluding tert-OH is 1. The number of hydrogen-bond acceptors (Lipinski definition) is 6. The number of carbonyl (C=O) groups excluding carboxylic acids is 2. The van der Waals surface area contributed by atoms with Gasteiger partial charge >= 0.3 is 0 Å². The number of nitrogens with one attached hydrogen (secondary N) is 1. The Hall–Kier alpha value is -2.98. The van der Waals surface area contributed by atoms with Crippen LogP contribution in [0.2, 0.25) is 0 Å². The zero-order valence-corrected chi connectivity index (χ0v) is 19.0. The first kappa shape index (κ1) is 23.2. The first-order valence-electron chi connectivity index (χ1n) is 10.7. The molecule has 0 radical (unpaired) electrons. The summed E-state index contributed by atoms with van der Waals surface area (Å²) in [5.74, 6) is -3.01. The third-order valence-corrected chi connectivity index (χ3v) is 6.69. The molecule has 0 unspecified atom stereocenters. The van der Waals surface area contributed by atoms with E-state index in [1.807, 2.05) is 0 Å². The van der Waals surface area contributed by atoms with E-state index in [1.54, 1.807) is 31.1 Å². The van der Waals surface area contributed by atoms with Gasteiger partial charge < -0.3 is 15.3 Å². The van der Waals surface area contributed by atoms with Crippen molar-refractivity contribution in [3.05, 3.63) is 59.6 Å². The van der Waals surface area contributed by atoms with Crippen LogP contribution >= 0.6 is 11.5 Å². The molecule has 0 aliphatic carbocycles. The summed E-state index contributed by atoms with van der Waals surface area (Å²) in [5.41, 5.74) is 0.804. The Balaban J connectivity index is 1.62. The zero-order valence-electron chi connectivity index (χ0n) is 18.2. The molecule has 174 valence electrons. The summed E-state index contributed by atoms with van der Waals surface area (Å²) in [4.78, 5) is 31.7. The van der Waals surface area contributed by atoms with Gasteiger partial charge in [-0.25, -0.2) is 8.78 Å². The smallest absolute Gasteiger partial charge is 0.256 e. The first-order chi connectivity index (χ1) is 15.7. The van der Waals surface area contributed by atoms with Crippen LogP contribution in [0, 0.1) is 17.6 Å². The average Bonchev–Trinajstić information content (AvgIpc) is 3.26. The molecule has 1 aromatic carbocycles. The summed E-state index contributed by atoms with van der Waals surface area (Å²) >= 11 is 1.24. The van der Waals surface area contributed by atoms with Crippen LogP contribution in [0.4, 0.5) is 8.78 Å². The molecule has 4 rings (SSSR count). The number of aromatic nitrogens is 2. The van der Waals surface area contributed by atoms with Crippen molar-refractivity contribution in [1.82, 2.24) is 19.6 Å². The summed E-state index contributed by atoms with van der Waals surface area (Å²) in [5, 5.41) is 13.7. The van der Waals surface area contributed by atoms with Crippen molar-refractivity contribution < 1.29 is 23.5 Å². The second-order valence-electron chi connectivity index (χ2n) is 8.58. The second-order valence-corrected chi connectivity index (χ2v) is 9.41. The zero-order chi connectivity index (χ0) is 23.7. The van der Waals surface area contributed by atoms with Gasteiger partial charge in [0.1, 0.15) is 17.7 Å². The monoisotopic (exact) mass is 474 g/mol. The Morgan fingerprint density at radius 3 is 2.61 bits per heavy atom. The van der Waals surface area contributed by atoms with E-state index in [2.05, 4.69) is 14.7 Å². The molecule has 2 amide bonds. The van der Waals surface area contributed by atoms with Crippen molar-refractivity contribution in [2.75, 3.05) is 13.1 Å². The van der Waals surface area contributed by atoms with Crippen LogP contribution in [-0.2, 0) is 4.79 Å². The molecular weight excluding hydrogens is 450 g/mol. The molecule has 1 saturated heterocycles. The molecule has 3 heterocycles. The molecule has 2 N–H and O–H groups in total. The molecular formula is C23H24F2N4O3S. The lowest BCUT2D eigenvalue weighted by Gasteiger charge is -2.39. The molecule has 0 saturated carbocycles. The Morgan fingerprint density at radius 1 is 1.18 bits per heavy atom. The molecule has 1 aliphatic rings. The van der Waals surface area contributed by atoms with Crippen molar-refractivity contribution in [1.29, 1.82) is 0 Å². The molecule has 3 atom stereocenters. The molecule has 10 heteroatoms. The number of aliphatic hydroxyl groups is 1. The molecule has 1 aliphatic heterocycles. The molecule has 0 bridgehead atoms. The van der Waals surface area contributed by atoms with Crippen LogP contribution in [0.3, 0.4) is 0 Å². The molecule has 3 aromatic rings. The van der Waals surface area contributed by atoms with E-state index in [9.17, 15) is 23.5 Å². The fraction of sp³-hybridized carbons (Fsp3) is 0.391. The normalized spacial score (nSPS) is 19.6. The van der Waals surface area contributed by atoms with Crippen molar-refractivity contribution in [3.8, 4) is 0 Å². The highest BCUT2D eigenvalue weighted by Gasteiger charge is 2.36. The van der Waals surface area contributed by atoms with Gasteiger partial charge in [-0.05, 0) is 41.6 Å². The van der Waals surface area contributed by atoms with Crippen LogP contribution < -0.4 is 5.32 Å². The number of hydrogen-bond donors (Lipinski definition) is 2. The highest BCUT2D eigenvalue weighted by atomic mass is 32.1. The summed E-state index contributed by atoms with van der Waals surface area (Å²) in [6.07, 6.45) is 3.89. The molecule has 2 aromatic heterocycles. The van der Waals surface area contributed by atoms with E-state index < -0.39 is 35.6 Å². The maximum absolute atomic E-state index is 13.9. The predicted molar refractivity (Wildman–Crippen MR) is 120 cm³/mol. The van der Waals surface area contributed by atoms with Gasteiger partial charge in [0, 0.05) is 49.1 Å². The number of fused-ring (bicyclic) bond motifs is 1. The molecule has 0 spiro atoms. The summed E-state index contributed by atoms with van der Waals surface area (Å²) < 4.78 is 32.7. The lowest BCUT2D eigenvalue weighted by Crippen LogP contribution is -2.55. The van der Waals surface area contributed by atoms with Crippen molar-refractivity contribution in [2.45, 2.75) is 38.3 Å². The van der Waals surface area contributed by atoms with Gasteiger partial charge in [-0.3, -0.25) is 14.6 Å². The highest BCUT2D eigenvalue weighted by molar-refractivity contribution is 7.13. The van der Waals surface area contributed by atoms with Crippen LogP contribution in [0.5, 0.6) is 0 Å². The highest BCUT2D eigenvalue weighted by Crippen LogP contribution is 2.31. The maximum Gasteiger partial charge on any atom is 0.256 e. The average molecular weight is 475 g/mol. The number of benzene rings is 1. The van der Waals surface area contributed by atoms with Gasteiger partial charge in [-0.1, -0.05) is 13.8 Å². The number of amides is 2. The fourth-order valence-corrected chi connectivity index (χ4v) is 4.82. The van der Waals surface area contributed by atoms with Crippen LogP contribution in [0.15, 0.2) is 36.8 Å². The van der Waals surface area contributed by atoms with Gasteiger partial charge in [-0.2, -0.15) is 4.37 Å². The van der Waals surface area contributed by atoms with E-state index in [0.717, 1.165) is 10.8 Å². The van der Waals surface area contributed by atoms with Crippen LogP contribution in [0.1, 0.15) is 42.1 Å². The standard InChI is InChI=1S/C23H24F2N4O3S/c1-12(2)21(30)22(31)28-19-11-29(4-3-16(19)13-5-14(24)7-15(25)6-13)23(32)18-8-26-10-20-17(18)9-27-33-20/h5-10,12,16,19,21,30H,3-4,11H2,1-2H3,(H,28,31)/t16-,19+,21+/m0/s1. The third-order valence-electron chi connectivity index (χ3n) is 5.96. The quantitative estimate of drug-likeness (QED) is 0.593. The van der Waals surface area contributed by atoms with Gasteiger partial charge in [0.05, 0.1) is 16.3 Å². The van der Waals surface area contributed by atoms with E-state index >= 15 is 0 Å². The maximum atomic E-state index is 13.9. The van der Waals surface area contributed by atoms with Gasteiger partial charge in [-0.15, -0.1) is 0 Å². The van der Waals surface area contributed by atoms with Crippen LogP contribution in [-0.4, -0.2) is 56.4 Å². The van der Waals surface area contributed by atoms with Crippen molar-refractivity contribution >= 4 is 33.4 Å². The van der Waals surface area contributed by atoms with Crippen LogP contribution in [0.25, 0.3) is 10.1 Å². The Morgan fingerprint density at radius 2 is 1.91 bits per heavy atom. The molecule has 7 nitrogen and oxygen atoms in total. The fourth-order valence-electron chi connectivity index (χ4n) is 4.18. The van der Waals surface area contributed by atoms with Crippen molar-refractivity contribution in [3.63, 3.8) is 0 Å². The van der Waals surface area contributed by atoms with E-state index in [0.29, 0.717) is 29.5 Å². The number of nitrogens with zero attached hydrogens (tertiary/aromatic N) is 3. The number of likely N-dealkylation sites (tertiary alicyclic amines) is 1.